The zero-order valence-electron chi connectivity index (χ0n) is 13.6. The first kappa shape index (κ1) is 20.2. The Morgan fingerprint density at radius 1 is 1.27 bits per heavy atom. The number of amides is 1. The quantitative estimate of drug-likeness (QED) is 0.792. The zero-order chi connectivity index (χ0) is 19.7. The number of sulfonamides is 1. The van der Waals surface area contributed by atoms with Crippen molar-refractivity contribution in [2.75, 3.05) is 11.9 Å². The van der Waals surface area contributed by atoms with Gasteiger partial charge < -0.3 is 5.32 Å². The van der Waals surface area contributed by atoms with Crippen molar-refractivity contribution in [2.24, 2.45) is 7.05 Å². The number of aromatic nitrogens is 2. The van der Waals surface area contributed by atoms with Crippen LogP contribution in [0.3, 0.4) is 0 Å². The molecular weight excluding hydrogens is 397 g/mol. The number of nitrogens with zero attached hydrogens (tertiary/aromatic N) is 2. The van der Waals surface area contributed by atoms with Gasteiger partial charge in [0.05, 0.1) is 16.2 Å². The van der Waals surface area contributed by atoms with Gasteiger partial charge in [-0.25, -0.2) is 13.1 Å². The monoisotopic (exact) mass is 410 g/mol. The van der Waals surface area contributed by atoms with Crippen LogP contribution >= 0.6 is 11.6 Å². The van der Waals surface area contributed by atoms with E-state index in [1.807, 2.05) is 0 Å². The molecule has 0 atom stereocenters. The highest BCUT2D eigenvalue weighted by Gasteiger charge is 2.30. The SMILES string of the molecule is Cc1nn(C)c(Cl)c1C(=O)Nc1ccc(S(=O)(=O)NCC(F)(F)F)cc1. The van der Waals surface area contributed by atoms with E-state index in [0.29, 0.717) is 5.69 Å². The molecule has 0 aliphatic carbocycles. The Morgan fingerprint density at radius 2 is 1.85 bits per heavy atom. The molecule has 0 fully saturated rings. The van der Waals surface area contributed by atoms with Crippen molar-refractivity contribution < 1.29 is 26.4 Å². The summed E-state index contributed by atoms with van der Waals surface area (Å²) in [5, 5.41) is 6.66. The van der Waals surface area contributed by atoms with Gasteiger partial charge in [-0.1, -0.05) is 11.6 Å². The summed E-state index contributed by atoms with van der Waals surface area (Å²) in [6.07, 6.45) is -4.66. The minimum Gasteiger partial charge on any atom is -0.322 e. The summed E-state index contributed by atoms with van der Waals surface area (Å²) >= 11 is 5.99. The minimum absolute atomic E-state index is 0.135. The van der Waals surface area contributed by atoms with Crippen LogP contribution < -0.4 is 10.0 Å². The van der Waals surface area contributed by atoms with E-state index in [-0.39, 0.29) is 21.3 Å². The maximum Gasteiger partial charge on any atom is 0.402 e. The summed E-state index contributed by atoms with van der Waals surface area (Å²) in [7, 11) is -2.75. The molecule has 0 saturated heterocycles. The second-order valence-corrected chi connectivity index (χ2v) is 7.42. The van der Waals surface area contributed by atoms with Gasteiger partial charge in [0.2, 0.25) is 10.0 Å². The Kier molecular flexibility index (Phi) is 5.64. The van der Waals surface area contributed by atoms with E-state index in [4.69, 9.17) is 11.6 Å². The molecular formula is C14H14ClF3N4O3S. The molecule has 26 heavy (non-hydrogen) atoms. The summed E-state index contributed by atoms with van der Waals surface area (Å²) in [6, 6.07) is 4.65. The maximum atomic E-state index is 12.3. The predicted molar refractivity (Wildman–Crippen MR) is 88.6 cm³/mol. The average molecular weight is 411 g/mol. The Morgan fingerprint density at radius 3 is 2.31 bits per heavy atom. The molecule has 7 nitrogen and oxygen atoms in total. The summed E-state index contributed by atoms with van der Waals surface area (Å²) in [4.78, 5) is 11.9. The fraction of sp³-hybridized carbons (Fsp3) is 0.286. The second kappa shape index (κ2) is 7.25. The van der Waals surface area contributed by atoms with Crippen LogP contribution in [0.4, 0.5) is 18.9 Å². The molecule has 0 spiro atoms. The molecule has 2 aromatic rings. The van der Waals surface area contributed by atoms with E-state index >= 15 is 0 Å². The van der Waals surface area contributed by atoms with Crippen molar-refractivity contribution in [3.05, 3.63) is 40.7 Å². The van der Waals surface area contributed by atoms with Gasteiger partial charge in [0, 0.05) is 12.7 Å². The van der Waals surface area contributed by atoms with Gasteiger partial charge in [0.25, 0.3) is 5.91 Å². The van der Waals surface area contributed by atoms with E-state index < -0.39 is 28.7 Å². The molecule has 1 heterocycles. The maximum absolute atomic E-state index is 12.3. The lowest BCUT2D eigenvalue weighted by Gasteiger charge is -2.10. The van der Waals surface area contributed by atoms with Crippen molar-refractivity contribution in [1.82, 2.24) is 14.5 Å². The minimum atomic E-state index is -4.66. The number of hydrogen-bond acceptors (Lipinski definition) is 4. The van der Waals surface area contributed by atoms with Crippen molar-refractivity contribution in [1.29, 1.82) is 0 Å². The average Bonchev–Trinajstić information content (AvgIpc) is 2.78. The van der Waals surface area contributed by atoms with Crippen LogP contribution in [0, 0.1) is 6.92 Å². The lowest BCUT2D eigenvalue weighted by Crippen LogP contribution is -2.33. The Hall–Kier alpha value is -2.11. The highest BCUT2D eigenvalue weighted by atomic mass is 35.5. The predicted octanol–water partition coefficient (Wildman–Crippen LogP) is 2.47. The summed E-state index contributed by atoms with van der Waals surface area (Å²) < 4.78 is 62.8. The fourth-order valence-corrected chi connectivity index (χ4v) is 3.33. The molecule has 142 valence electrons. The van der Waals surface area contributed by atoms with Crippen LogP contribution in [0.1, 0.15) is 16.1 Å². The number of carbonyl (C=O) groups excluding carboxylic acids is 1. The Labute approximate surface area is 152 Å². The molecule has 0 aliphatic heterocycles. The molecule has 0 aliphatic rings. The van der Waals surface area contributed by atoms with E-state index in [0.717, 1.165) is 12.1 Å². The van der Waals surface area contributed by atoms with Gasteiger partial charge in [-0.2, -0.15) is 18.3 Å². The van der Waals surface area contributed by atoms with Gasteiger partial charge in [0.15, 0.2) is 0 Å². The Balaban J connectivity index is 2.13. The van der Waals surface area contributed by atoms with Crippen LogP contribution in [-0.4, -0.2) is 36.8 Å². The first-order valence-corrected chi connectivity index (χ1v) is 8.94. The lowest BCUT2D eigenvalue weighted by molar-refractivity contribution is -0.121. The summed E-state index contributed by atoms with van der Waals surface area (Å²) in [5.74, 6) is -0.550. The standard InChI is InChI=1S/C14H14ClF3N4O3S/c1-8-11(12(15)22(2)21-8)13(23)20-9-3-5-10(6-4-9)26(24,25)19-7-14(16,17)18/h3-6,19H,7H2,1-2H3,(H,20,23). The number of nitrogens with one attached hydrogen (secondary N) is 2. The third kappa shape index (κ3) is 4.74. The first-order chi connectivity index (χ1) is 11.9. The van der Waals surface area contributed by atoms with Crippen molar-refractivity contribution in [3.63, 3.8) is 0 Å². The smallest absolute Gasteiger partial charge is 0.322 e. The van der Waals surface area contributed by atoms with E-state index in [2.05, 4.69) is 10.4 Å². The number of hydrogen-bond donors (Lipinski definition) is 2. The highest BCUT2D eigenvalue weighted by molar-refractivity contribution is 7.89. The second-order valence-electron chi connectivity index (χ2n) is 5.29. The van der Waals surface area contributed by atoms with Crippen molar-refractivity contribution in [2.45, 2.75) is 18.0 Å². The highest BCUT2D eigenvalue weighted by Crippen LogP contribution is 2.21. The number of benzene rings is 1. The van der Waals surface area contributed by atoms with Crippen molar-refractivity contribution in [3.8, 4) is 0 Å². The molecule has 12 heteroatoms. The normalized spacial score (nSPS) is 12.2. The van der Waals surface area contributed by atoms with Gasteiger partial charge in [-0.15, -0.1) is 0 Å². The van der Waals surface area contributed by atoms with Gasteiger partial charge >= 0.3 is 6.18 Å². The van der Waals surface area contributed by atoms with E-state index in [1.165, 1.54) is 21.5 Å². The summed E-state index contributed by atoms with van der Waals surface area (Å²) in [5.41, 5.74) is 0.812. The first-order valence-electron chi connectivity index (χ1n) is 7.07. The topological polar surface area (TPSA) is 93.1 Å². The Bertz CT molecular complexity index is 924. The van der Waals surface area contributed by atoms with E-state index in [9.17, 15) is 26.4 Å². The lowest BCUT2D eigenvalue weighted by atomic mass is 10.2. The van der Waals surface area contributed by atoms with Crippen molar-refractivity contribution >= 4 is 33.2 Å². The molecule has 2 N–H and O–H groups in total. The molecule has 1 aromatic heterocycles. The number of anilines is 1. The number of rotatable bonds is 5. The largest absolute Gasteiger partial charge is 0.402 e. The number of aryl methyl sites for hydroxylation is 2. The molecule has 0 bridgehead atoms. The molecule has 0 radical (unpaired) electrons. The van der Waals surface area contributed by atoms with Crippen LogP contribution in [0.5, 0.6) is 0 Å². The summed E-state index contributed by atoms with van der Waals surface area (Å²) in [6.45, 7) is -0.0740. The third-order valence-corrected chi connectivity index (χ3v) is 5.12. The van der Waals surface area contributed by atoms with Crippen LogP contribution in [-0.2, 0) is 17.1 Å². The molecule has 0 unspecified atom stereocenters. The number of alkyl halides is 3. The third-order valence-electron chi connectivity index (χ3n) is 3.26. The van der Waals surface area contributed by atoms with Gasteiger partial charge in [-0.3, -0.25) is 9.48 Å². The molecule has 2 rings (SSSR count). The number of halogens is 4. The van der Waals surface area contributed by atoms with Gasteiger partial charge in [0.1, 0.15) is 11.7 Å². The van der Waals surface area contributed by atoms with E-state index in [1.54, 1.807) is 14.0 Å². The fourth-order valence-electron chi connectivity index (χ4n) is 2.06. The molecule has 0 saturated carbocycles. The number of carbonyl (C=O) groups is 1. The molecule has 1 aromatic carbocycles. The van der Waals surface area contributed by atoms with Crippen LogP contribution in [0.15, 0.2) is 29.2 Å². The molecule has 1 amide bonds. The van der Waals surface area contributed by atoms with Crippen LogP contribution in [0.2, 0.25) is 5.15 Å². The van der Waals surface area contributed by atoms with Crippen LogP contribution in [0.25, 0.3) is 0 Å². The van der Waals surface area contributed by atoms with Gasteiger partial charge in [-0.05, 0) is 31.2 Å². The zero-order valence-corrected chi connectivity index (χ0v) is 15.1.